The molecule has 0 saturated heterocycles. The predicted octanol–water partition coefficient (Wildman–Crippen LogP) is 2.83. The zero-order valence-electron chi connectivity index (χ0n) is 13.5. The molecule has 0 aliphatic heterocycles. The van der Waals surface area contributed by atoms with Gasteiger partial charge in [-0.2, -0.15) is 5.10 Å². The van der Waals surface area contributed by atoms with Gasteiger partial charge in [0.05, 0.1) is 11.8 Å². The molecule has 1 amide bonds. The van der Waals surface area contributed by atoms with Crippen LogP contribution >= 0.6 is 11.8 Å². The third-order valence-electron chi connectivity index (χ3n) is 3.34. The minimum Gasteiger partial charge on any atom is -0.322 e. The minimum atomic E-state index is -0.161. The number of carbonyl (C=O) groups excluding carboxylic acids is 1. The van der Waals surface area contributed by atoms with Crippen LogP contribution in [0.1, 0.15) is 23.7 Å². The van der Waals surface area contributed by atoms with Crippen LogP contribution in [-0.2, 0) is 13.6 Å². The number of anilines is 1. The smallest absolute Gasteiger partial charge is 0.258 e. The van der Waals surface area contributed by atoms with Crippen LogP contribution in [0.4, 0.5) is 5.69 Å². The molecule has 0 unspecified atom stereocenters. The van der Waals surface area contributed by atoms with Crippen LogP contribution in [-0.4, -0.2) is 30.5 Å². The van der Waals surface area contributed by atoms with E-state index in [2.05, 4.69) is 27.5 Å². The fraction of sp³-hybridized carbons (Fsp3) is 0.250. The van der Waals surface area contributed by atoms with E-state index in [9.17, 15) is 4.79 Å². The number of aromatic nitrogens is 5. The molecule has 1 N–H and O–H groups in total. The van der Waals surface area contributed by atoms with E-state index in [0.717, 1.165) is 28.7 Å². The van der Waals surface area contributed by atoms with E-state index in [0.29, 0.717) is 5.56 Å². The summed E-state index contributed by atoms with van der Waals surface area (Å²) in [5.74, 6) is -0.161. The van der Waals surface area contributed by atoms with Crippen molar-refractivity contribution in [2.75, 3.05) is 5.32 Å². The first-order chi connectivity index (χ1) is 11.7. The van der Waals surface area contributed by atoms with Gasteiger partial charge < -0.3 is 9.88 Å². The van der Waals surface area contributed by atoms with Gasteiger partial charge in [0, 0.05) is 30.4 Å². The molecule has 124 valence electrons. The van der Waals surface area contributed by atoms with E-state index < -0.39 is 0 Å². The van der Waals surface area contributed by atoms with Gasteiger partial charge in [-0.1, -0.05) is 6.92 Å². The van der Waals surface area contributed by atoms with E-state index in [4.69, 9.17) is 0 Å². The molecule has 7 nitrogen and oxygen atoms in total. The van der Waals surface area contributed by atoms with Crippen molar-refractivity contribution in [3.05, 3.63) is 48.5 Å². The molecule has 0 saturated carbocycles. The molecule has 3 aromatic rings. The molecule has 0 aliphatic carbocycles. The summed E-state index contributed by atoms with van der Waals surface area (Å²) in [7, 11) is 1.90. The molecule has 0 aliphatic rings. The number of carbonyl (C=O) groups is 1. The van der Waals surface area contributed by atoms with Crippen molar-refractivity contribution in [2.45, 2.75) is 29.9 Å². The standard InChI is InChI=1S/C16H18N6OS/c1-3-8-22-10-12(9-18-22)15(23)19-13-4-6-14(7-5-13)24-16-20-17-11-21(16)2/h4-7,9-11H,3,8H2,1-2H3,(H,19,23). The summed E-state index contributed by atoms with van der Waals surface area (Å²) < 4.78 is 3.63. The maximum absolute atomic E-state index is 12.2. The Morgan fingerprint density at radius 3 is 2.75 bits per heavy atom. The normalized spacial score (nSPS) is 10.8. The maximum atomic E-state index is 12.2. The van der Waals surface area contributed by atoms with E-state index in [1.165, 1.54) is 11.8 Å². The van der Waals surface area contributed by atoms with Gasteiger partial charge in [0.25, 0.3) is 5.91 Å². The van der Waals surface area contributed by atoms with E-state index >= 15 is 0 Å². The first-order valence-electron chi connectivity index (χ1n) is 7.61. The number of amides is 1. The van der Waals surface area contributed by atoms with Gasteiger partial charge in [0.1, 0.15) is 6.33 Å². The lowest BCUT2D eigenvalue weighted by Crippen LogP contribution is -2.11. The highest BCUT2D eigenvalue weighted by Gasteiger charge is 2.09. The number of benzene rings is 1. The van der Waals surface area contributed by atoms with Crippen molar-refractivity contribution in [1.29, 1.82) is 0 Å². The van der Waals surface area contributed by atoms with E-state index in [1.807, 2.05) is 35.9 Å². The number of rotatable bonds is 6. The van der Waals surface area contributed by atoms with Crippen molar-refractivity contribution in [3.63, 3.8) is 0 Å². The molecular formula is C16H18N6OS. The number of nitrogens with zero attached hydrogens (tertiary/aromatic N) is 5. The Balaban J connectivity index is 1.63. The average Bonchev–Trinajstić information content (AvgIpc) is 3.20. The lowest BCUT2D eigenvalue weighted by Gasteiger charge is -2.05. The van der Waals surface area contributed by atoms with Gasteiger partial charge in [-0.3, -0.25) is 9.48 Å². The molecule has 3 rings (SSSR count). The summed E-state index contributed by atoms with van der Waals surface area (Å²) in [5, 5.41) is 15.7. The molecule has 1 aromatic carbocycles. The van der Waals surface area contributed by atoms with Gasteiger partial charge in [-0.15, -0.1) is 10.2 Å². The highest BCUT2D eigenvalue weighted by molar-refractivity contribution is 7.99. The summed E-state index contributed by atoms with van der Waals surface area (Å²) >= 11 is 1.52. The SMILES string of the molecule is CCCn1cc(C(=O)Nc2ccc(Sc3nncn3C)cc2)cn1. The quantitative estimate of drug-likeness (QED) is 0.745. The van der Waals surface area contributed by atoms with E-state index in [-0.39, 0.29) is 5.91 Å². The fourth-order valence-corrected chi connectivity index (χ4v) is 2.87. The molecule has 24 heavy (non-hydrogen) atoms. The van der Waals surface area contributed by atoms with Gasteiger partial charge >= 0.3 is 0 Å². The zero-order valence-corrected chi connectivity index (χ0v) is 14.3. The van der Waals surface area contributed by atoms with Crippen molar-refractivity contribution in [2.24, 2.45) is 7.05 Å². The average molecular weight is 342 g/mol. The van der Waals surface area contributed by atoms with Crippen LogP contribution in [0.25, 0.3) is 0 Å². The fourth-order valence-electron chi connectivity index (χ4n) is 2.11. The van der Waals surface area contributed by atoms with Gasteiger partial charge in [-0.25, -0.2) is 0 Å². The highest BCUT2D eigenvalue weighted by Crippen LogP contribution is 2.26. The van der Waals surface area contributed by atoms with Crippen molar-refractivity contribution in [3.8, 4) is 0 Å². The number of hydrogen-bond acceptors (Lipinski definition) is 5. The first kappa shape index (κ1) is 16.3. The Kier molecular flexibility index (Phi) is 4.95. The number of nitrogens with one attached hydrogen (secondary N) is 1. The molecule has 0 spiro atoms. The van der Waals surface area contributed by atoms with Gasteiger partial charge in [-0.05, 0) is 42.4 Å². The second-order valence-electron chi connectivity index (χ2n) is 5.30. The molecule has 2 heterocycles. The van der Waals surface area contributed by atoms with Crippen LogP contribution in [0.3, 0.4) is 0 Å². The Morgan fingerprint density at radius 2 is 2.08 bits per heavy atom. The lowest BCUT2D eigenvalue weighted by molar-refractivity contribution is 0.102. The number of aryl methyl sites for hydroxylation is 2. The Morgan fingerprint density at radius 1 is 1.29 bits per heavy atom. The van der Waals surface area contributed by atoms with E-state index in [1.54, 1.807) is 23.4 Å². The highest BCUT2D eigenvalue weighted by atomic mass is 32.2. The number of hydrogen-bond donors (Lipinski definition) is 1. The molecule has 8 heteroatoms. The molecule has 0 radical (unpaired) electrons. The first-order valence-corrected chi connectivity index (χ1v) is 8.43. The monoisotopic (exact) mass is 342 g/mol. The van der Waals surface area contributed by atoms with Crippen LogP contribution < -0.4 is 5.32 Å². The van der Waals surface area contributed by atoms with Crippen LogP contribution in [0.5, 0.6) is 0 Å². The van der Waals surface area contributed by atoms with Crippen LogP contribution in [0, 0.1) is 0 Å². The molecule has 0 bridgehead atoms. The third-order valence-corrected chi connectivity index (χ3v) is 4.40. The second-order valence-corrected chi connectivity index (χ2v) is 6.34. The third kappa shape index (κ3) is 3.83. The predicted molar refractivity (Wildman–Crippen MR) is 92.0 cm³/mol. The topological polar surface area (TPSA) is 77.6 Å². The summed E-state index contributed by atoms with van der Waals surface area (Å²) in [6.45, 7) is 2.88. The molecule has 0 fully saturated rings. The largest absolute Gasteiger partial charge is 0.322 e. The van der Waals surface area contributed by atoms with Gasteiger partial charge in [0.2, 0.25) is 0 Å². The van der Waals surface area contributed by atoms with Crippen molar-refractivity contribution in [1.82, 2.24) is 24.5 Å². The summed E-state index contributed by atoms with van der Waals surface area (Å²) in [6, 6.07) is 7.62. The molecule has 0 atom stereocenters. The molecule has 2 aromatic heterocycles. The van der Waals surface area contributed by atoms with Gasteiger partial charge in [0.15, 0.2) is 5.16 Å². The van der Waals surface area contributed by atoms with Crippen molar-refractivity contribution >= 4 is 23.4 Å². The van der Waals surface area contributed by atoms with Crippen LogP contribution in [0.2, 0.25) is 0 Å². The lowest BCUT2D eigenvalue weighted by atomic mass is 10.3. The van der Waals surface area contributed by atoms with Crippen LogP contribution in [0.15, 0.2) is 53.0 Å². The summed E-state index contributed by atoms with van der Waals surface area (Å²) in [6.07, 6.45) is 5.99. The summed E-state index contributed by atoms with van der Waals surface area (Å²) in [5.41, 5.74) is 1.30. The summed E-state index contributed by atoms with van der Waals surface area (Å²) in [4.78, 5) is 13.3. The van der Waals surface area contributed by atoms with Crippen molar-refractivity contribution < 1.29 is 4.79 Å². The zero-order chi connectivity index (χ0) is 16.9. The second kappa shape index (κ2) is 7.31. The maximum Gasteiger partial charge on any atom is 0.258 e. The Bertz CT molecular complexity index is 823. The Hall–Kier alpha value is -2.61. The minimum absolute atomic E-state index is 0.161. The molecular weight excluding hydrogens is 324 g/mol. The Labute approximate surface area is 144 Å².